The normalized spacial score (nSPS) is 24.2. The summed E-state index contributed by atoms with van der Waals surface area (Å²) >= 11 is 0. The van der Waals surface area contributed by atoms with Gasteiger partial charge in [-0.2, -0.15) is 0 Å². The van der Waals surface area contributed by atoms with Crippen molar-refractivity contribution in [3.63, 3.8) is 0 Å². The summed E-state index contributed by atoms with van der Waals surface area (Å²) in [4.78, 5) is 17.8. The maximum Gasteiger partial charge on any atom is 0.248 e. The topological polar surface area (TPSA) is 99.2 Å². The van der Waals surface area contributed by atoms with Crippen molar-refractivity contribution in [1.29, 1.82) is 0 Å². The van der Waals surface area contributed by atoms with E-state index in [1.165, 1.54) is 0 Å². The molecule has 3 fully saturated rings. The van der Waals surface area contributed by atoms with E-state index in [2.05, 4.69) is 24.4 Å². The van der Waals surface area contributed by atoms with E-state index in [4.69, 9.17) is 15.5 Å². The number of amides is 1. The van der Waals surface area contributed by atoms with E-state index in [9.17, 15) is 26.6 Å². The minimum Gasteiger partial charge on any atom is -0.369 e. The van der Waals surface area contributed by atoms with Crippen LogP contribution in [0.25, 0.3) is 11.0 Å². The number of halogens is 4. The average Bonchev–Trinajstić information content (AvgIpc) is 3.61. The summed E-state index contributed by atoms with van der Waals surface area (Å²) in [6.07, 6.45) is 1.46. The molecule has 13 heteroatoms. The van der Waals surface area contributed by atoms with Crippen LogP contribution in [0.2, 0.25) is 25.7 Å². The van der Waals surface area contributed by atoms with E-state index in [1.54, 1.807) is 0 Å². The average molecular weight is 701 g/mol. The molecule has 1 aromatic heterocycles. The summed E-state index contributed by atoms with van der Waals surface area (Å²) in [5, 5.41) is 0. The van der Waals surface area contributed by atoms with Crippen LogP contribution in [0.5, 0.6) is 0 Å². The van der Waals surface area contributed by atoms with Gasteiger partial charge in [0.05, 0.1) is 32.8 Å². The van der Waals surface area contributed by atoms with Gasteiger partial charge in [0, 0.05) is 46.3 Å². The molecule has 1 amide bonds. The summed E-state index contributed by atoms with van der Waals surface area (Å²) in [5.74, 6) is -7.03. The van der Waals surface area contributed by atoms with Crippen molar-refractivity contribution >= 4 is 36.0 Å². The lowest BCUT2D eigenvalue weighted by molar-refractivity contribution is -0.146. The van der Waals surface area contributed by atoms with Gasteiger partial charge in [-0.3, -0.25) is 4.79 Å². The Morgan fingerprint density at radius 2 is 1.79 bits per heavy atom. The number of nitrogens with zero attached hydrogens (tertiary/aromatic N) is 2. The van der Waals surface area contributed by atoms with Gasteiger partial charge in [0.15, 0.2) is 0 Å². The van der Waals surface area contributed by atoms with Crippen molar-refractivity contribution in [2.45, 2.75) is 133 Å². The Balaban J connectivity index is 1.55. The number of nitrogens with two attached hydrogens (primary N) is 1. The van der Waals surface area contributed by atoms with Crippen LogP contribution in [0.3, 0.4) is 0 Å². The van der Waals surface area contributed by atoms with Crippen molar-refractivity contribution in [3.05, 3.63) is 29.6 Å². The van der Waals surface area contributed by atoms with Gasteiger partial charge in [-0.25, -0.2) is 31.5 Å². The van der Waals surface area contributed by atoms with Crippen molar-refractivity contribution in [3.8, 4) is 0 Å². The second kappa shape index (κ2) is 13.5. The molecule has 1 unspecified atom stereocenters. The first kappa shape index (κ1) is 36.4. The van der Waals surface area contributed by atoms with Gasteiger partial charge in [-0.15, -0.1) is 0 Å². The fraction of sp³-hybridized carbons (Fsp3) is 0.765. The first-order valence-electron chi connectivity index (χ1n) is 17.0. The number of aromatic nitrogens is 2. The highest BCUT2D eigenvalue weighted by Crippen LogP contribution is 2.55. The van der Waals surface area contributed by atoms with E-state index >= 15 is 0 Å². The van der Waals surface area contributed by atoms with E-state index < -0.39 is 59.4 Å². The Labute approximate surface area is 279 Å². The molecule has 5 rings (SSSR count). The molecule has 2 aromatic rings. The molecule has 0 bridgehead atoms. The third-order valence-corrected chi connectivity index (χ3v) is 13.4. The highest BCUT2D eigenvalue weighted by atomic mass is 32.2. The van der Waals surface area contributed by atoms with E-state index in [-0.39, 0.29) is 50.2 Å². The molecule has 0 radical (unpaired) electrons. The van der Waals surface area contributed by atoms with Gasteiger partial charge in [0.25, 0.3) is 0 Å². The summed E-state index contributed by atoms with van der Waals surface area (Å²) in [7, 11) is -2.89. The third-order valence-electron chi connectivity index (χ3n) is 10.1. The summed E-state index contributed by atoms with van der Waals surface area (Å²) in [5.41, 5.74) is 8.16. The standard InChI is InChI=1S/C34H52F4N4O3SSi/c1-32(2,3)46(44)41-26(15-21-11-12-33(35,36)17-21)31-40-25-10-9-23(16-27(25)42(31)20-45-13-14-47(4,5)6)28(22-7-8-22)29(30(39)43)24-18-34(37,38)19-24/h9-10,16,21-22,24,26,28-29,41H,7-8,11-15,17-20H2,1-6H3,(H2,39,43)/t21-,26+,28+,29?,46-/m1/s1. The monoisotopic (exact) mass is 700 g/mol. The molecule has 3 saturated carbocycles. The minimum atomic E-state index is -2.77. The molecule has 0 aliphatic heterocycles. The SMILES string of the molecule is CC(C)(C)[S@@](=O)N[C@@H](C[C@H]1CCC(F)(F)C1)c1nc2ccc([C@H](C3CC3)C(C(N)=O)C3CC(F)(F)C3)cc2n1COCC[Si](C)(C)C. The third kappa shape index (κ3) is 9.05. The Morgan fingerprint density at radius 3 is 2.32 bits per heavy atom. The van der Waals surface area contributed by atoms with Crippen LogP contribution in [-0.4, -0.2) is 50.9 Å². The quantitative estimate of drug-likeness (QED) is 0.112. The lowest BCUT2D eigenvalue weighted by Gasteiger charge is -2.42. The molecular weight excluding hydrogens is 649 g/mol. The van der Waals surface area contributed by atoms with Crippen molar-refractivity contribution in [2.75, 3.05) is 6.61 Å². The number of nitrogens with one attached hydrogen (secondary N) is 1. The number of benzene rings is 1. The fourth-order valence-electron chi connectivity index (χ4n) is 7.28. The maximum atomic E-state index is 14.3. The zero-order valence-electron chi connectivity index (χ0n) is 28.6. The van der Waals surface area contributed by atoms with E-state index in [1.807, 2.05) is 43.5 Å². The largest absolute Gasteiger partial charge is 0.369 e. The molecule has 0 saturated heterocycles. The highest BCUT2D eigenvalue weighted by molar-refractivity contribution is 7.84. The number of hydrogen-bond acceptors (Lipinski definition) is 4. The molecule has 3 aliphatic rings. The summed E-state index contributed by atoms with van der Waals surface area (Å²) in [6.45, 7) is 13.1. The molecule has 7 nitrogen and oxygen atoms in total. The Morgan fingerprint density at radius 1 is 1.11 bits per heavy atom. The van der Waals surface area contributed by atoms with Crippen LogP contribution in [0.4, 0.5) is 17.6 Å². The van der Waals surface area contributed by atoms with Gasteiger partial charge in [0.2, 0.25) is 17.8 Å². The van der Waals surface area contributed by atoms with Crippen LogP contribution in [0.15, 0.2) is 18.2 Å². The van der Waals surface area contributed by atoms with Crippen molar-refractivity contribution < 1.29 is 31.3 Å². The van der Waals surface area contributed by atoms with Crippen LogP contribution >= 0.6 is 0 Å². The lowest BCUT2D eigenvalue weighted by Crippen LogP contribution is -2.46. The van der Waals surface area contributed by atoms with E-state index in [0.29, 0.717) is 30.8 Å². The van der Waals surface area contributed by atoms with Gasteiger partial charge < -0.3 is 15.0 Å². The Kier molecular flexibility index (Phi) is 10.4. The molecule has 0 spiro atoms. The smallest absolute Gasteiger partial charge is 0.248 e. The number of ether oxygens (including phenoxy) is 1. The number of fused-ring (bicyclic) bond motifs is 1. The van der Waals surface area contributed by atoms with Crippen LogP contribution in [0.1, 0.15) is 95.5 Å². The van der Waals surface area contributed by atoms with Crippen molar-refractivity contribution in [2.24, 2.45) is 29.4 Å². The number of rotatable bonds is 15. The first-order chi connectivity index (χ1) is 21.7. The molecule has 47 heavy (non-hydrogen) atoms. The second-order valence-corrected chi connectivity index (χ2v) is 24.2. The van der Waals surface area contributed by atoms with Crippen LogP contribution < -0.4 is 10.5 Å². The molecule has 3 aliphatic carbocycles. The zero-order chi connectivity index (χ0) is 34.5. The van der Waals surface area contributed by atoms with Crippen molar-refractivity contribution in [1.82, 2.24) is 14.3 Å². The number of carbonyl (C=O) groups is 1. The Bertz CT molecular complexity index is 1460. The number of carbonyl (C=O) groups excluding carboxylic acids is 1. The number of hydrogen-bond donors (Lipinski definition) is 2. The van der Waals surface area contributed by atoms with Gasteiger partial charge in [-0.1, -0.05) is 25.7 Å². The number of alkyl halides is 4. The van der Waals surface area contributed by atoms with Gasteiger partial charge in [0.1, 0.15) is 12.6 Å². The minimum absolute atomic E-state index is 0.156. The van der Waals surface area contributed by atoms with E-state index in [0.717, 1.165) is 30.0 Å². The molecule has 1 aromatic carbocycles. The van der Waals surface area contributed by atoms with Crippen LogP contribution in [0, 0.1) is 23.7 Å². The van der Waals surface area contributed by atoms with Crippen LogP contribution in [-0.2, 0) is 27.2 Å². The highest BCUT2D eigenvalue weighted by Gasteiger charge is 2.54. The van der Waals surface area contributed by atoms with Gasteiger partial charge >= 0.3 is 0 Å². The molecule has 5 atom stereocenters. The Hall–Kier alpha value is -1.83. The lowest BCUT2D eigenvalue weighted by atomic mass is 9.65. The summed E-state index contributed by atoms with van der Waals surface area (Å²) < 4.78 is 80.8. The zero-order valence-corrected chi connectivity index (χ0v) is 30.4. The summed E-state index contributed by atoms with van der Waals surface area (Å²) in [6, 6.07) is 6.13. The molecular formula is C34H52F4N4O3SSi. The number of primary amides is 1. The molecule has 3 N–H and O–H groups in total. The predicted molar refractivity (Wildman–Crippen MR) is 180 cm³/mol. The van der Waals surface area contributed by atoms with Gasteiger partial charge in [-0.05, 0) is 93.9 Å². The first-order valence-corrected chi connectivity index (χ1v) is 21.9. The maximum absolute atomic E-state index is 14.3. The predicted octanol–water partition coefficient (Wildman–Crippen LogP) is 7.91. The molecule has 1 heterocycles. The number of imidazole rings is 1. The molecule has 264 valence electrons. The fourth-order valence-corrected chi connectivity index (χ4v) is 8.85. The second-order valence-electron chi connectivity index (χ2n) is 16.6.